The number of nitrogens with zero attached hydrogens (tertiary/aromatic N) is 1. The minimum Gasteiger partial charge on any atom is -0.358 e. The molecule has 1 aromatic carbocycles. The first-order valence-electron chi connectivity index (χ1n) is 5.52. The summed E-state index contributed by atoms with van der Waals surface area (Å²) in [6, 6.07) is 6.67. The molecule has 0 spiro atoms. The van der Waals surface area contributed by atoms with Gasteiger partial charge in [-0.05, 0) is 18.7 Å². The highest BCUT2D eigenvalue weighted by atomic mass is 15.1. The molecule has 0 fully saturated rings. The van der Waals surface area contributed by atoms with Gasteiger partial charge in [0.1, 0.15) is 7.85 Å². The van der Waals surface area contributed by atoms with Gasteiger partial charge < -0.3 is 9.88 Å². The van der Waals surface area contributed by atoms with Crippen LogP contribution in [0.3, 0.4) is 0 Å². The topological polar surface area (TPSA) is 19.0 Å². The average molecular weight is 198 g/mol. The highest BCUT2D eigenvalue weighted by molar-refractivity contribution is 6.33. The van der Waals surface area contributed by atoms with Crippen molar-refractivity contribution in [3.63, 3.8) is 0 Å². The van der Waals surface area contributed by atoms with Crippen molar-refractivity contribution in [1.82, 2.24) is 9.88 Å². The second kappa shape index (κ2) is 3.14. The molecular formula is C12H15BN2. The third kappa shape index (κ3) is 1.38. The van der Waals surface area contributed by atoms with Crippen molar-refractivity contribution >= 4 is 24.2 Å². The summed E-state index contributed by atoms with van der Waals surface area (Å²) >= 11 is 0. The average Bonchev–Trinajstić information content (AvgIpc) is 2.56. The summed E-state index contributed by atoms with van der Waals surface area (Å²) in [7, 11) is 4.35. The summed E-state index contributed by atoms with van der Waals surface area (Å²) in [5.74, 6) is 0. The molecule has 3 heteroatoms. The summed E-state index contributed by atoms with van der Waals surface area (Å²) in [5, 5.41) is 1.41. The second-order valence-electron chi connectivity index (χ2n) is 4.62. The van der Waals surface area contributed by atoms with Crippen LogP contribution in [0, 0.1) is 0 Å². The lowest BCUT2D eigenvalue weighted by atomic mass is 9.93. The van der Waals surface area contributed by atoms with Gasteiger partial charge in [0, 0.05) is 36.1 Å². The van der Waals surface area contributed by atoms with E-state index in [1.807, 2.05) is 0 Å². The zero-order chi connectivity index (χ0) is 10.4. The summed E-state index contributed by atoms with van der Waals surface area (Å²) in [5.41, 5.74) is 5.58. The molecule has 0 saturated heterocycles. The Balaban J connectivity index is 2.25. The van der Waals surface area contributed by atoms with E-state index in [1.165, 1.54) is 34.2 Å². The van der Waals surface area contributed by atoms with Crippen LogP contribution in [0.1, 0.15) is 11.3 Å². The fraction of sp³-hybridized carbons (Fsp3) is 0.333. The summed E-state index contributed by atoms with van der Waals surface area (Å²) < 4.78 is 0. The van der Waals surface area contributed by atoms with Crippen molar-refractivity contribution in [2.75, 3.05) is 13.6 Å². The van der Waals surface area contributed by atoms with Crippen molar-refractivity contribution in [3.05, 3.63) is 29.5 Å². The Bertz CT molecular complexity index is 516. The van der Waals surface area contributed by atoms with Gasteiger partial charge in [0.15, 0.2) is 0 Å². The maximum atomic E-state index is 3.54. The van der Waals surface area contributed by atoms with Gasteiger partial charge in [0.2, 0.25) is 0 Å². The van der Waals surface area contributed by atoms with Crippen molar-refractivity contribution in [2.45, 2.75) is 13.0 Å². The molecule has 0 saturated carbocycles. The fourth-order valence-electron chi connectivity index (χ4n) is 2.46. The predicted molar refractivity (Wildman–Crippen MR) is 66.5 cm³/mol. The van der Waals surface area contributed by atoms with Gasteiger partial charge in [0.25, 0.3) is 0 Å². The first-order chi connectivity index (χ1) is 7.24. The van der Waals surface area contributed by atoms with Crippen molar-refractivity contribution in [2.24, 2.45) is 0 Å². The van der Waals surface area contributed by atoms with E-state index in [9.17, 15) is 0 Å². The maximum absolute atomic E-state index is 3.54. The lowest BCUT2D eigenvalue weighted by molar-refractivity contribution is 0.313. The van der Waals surface area contributed by atoms with E-state index in [4.69, 9.17) is 0 Å². The van der Waals surface area contributed by atoms with Crippen LogP contribution in [0.4, 0.5) is 0 Å². The smallest absolute Gasteiger partial charge is 0.139 e. The van der Waals surface area contributed by atoms with Gasteiger partial charge in [-0.25, -0.2) is 0 Å². The molecule has 1 N–H and O–H groups in total. The molecule has 3 rings (SSSR count). The largest absolute Gasteiger partial charge is 0.358 e. The quantitative estimate of drug-likeness (QED) is 0.607. The molecule has 2 aromatic rings. The predicted octanol–water partition coefficient (Wildman–Crippen LogP) is 0.414. The first kappa shape index (κ1) is 9.04. The summed E-state index contributed by atoms with van der Waals surface area (Å²) in [4.78, 5) is 5.92. The summed E-state index contributed by atoms with van der Waals surface area (Å²) in [6.45, 7) is 2.25. The van der Waals surface area contributed by atoms with Gasteiger partial charge in [-0.15, -0.1) is 0 Å². The molecule has 1 aromatic heterocycles. The number of rotatable bonds is 0. The van der Waals surface area contributed by atoms with E-state index < -0.39 is 0 Å². The summed E-state index contributed by atoms with van der Waals surface area (Å²) in [6.07, 6.45) is 1.15. The van der Waals surface area contributed by atoms with E-state index in [2.05, 4.69) is 43.0 Å². The number of benzene rings is 1. The number of likely N-dealkylation sites (N-methyl/N-ethyl adjacent to an activating group) is 1. The fourth-order valence-corrected chi connectivity index (χ4v) is 2.46. The Labute approximate surface area is 90.7 Å². The van der Waals surface area contributed by atoms with Crippen LogP contribution in [0.5, 0.6) is 0 Å². The standard InChI is InChI=1S/C12H15BN2/c1-15-5-4-12-10(7-15)9-6-8(13)2-3-11(9)14-12/h2-3,6,14H,4-5,7,13H2,1H3. The SMILES string of the molecule is Bc1ccc2[nH]c3c(c2c1)CN(C)CC3. The number of hydrogen-bond acceptors (Lipinski definition) is 1. The molecule has 15 heavy (non-hydrogen) atoms. The van der Waals surface area contributed by atoms with E-state index in [1.54, 1.807) is 0 Å². The van der Waals surface area contributed by atoms with E-state index in [-0.39, 0.29) is 0 Å². The van der Waals surface area contributed by atoms with Crippen LogP contribution in [-0.4, -0.2) is 31.3 Å². The van der Waals surface area contributed by atoms with E-state index >= 15 is 0 Å². The van der Waals surface area contributed by atoms with Crippen molar-refractivity contribution in [3.8, 4) is 0 Å². The Kier molecular flexibility index (Phi) is 1.89. The lowest BCUT2D eigenvalue weighted by Crippen LogP contribution is -2.26. The van der Waals surface area contributed by atoms with Gasteiger partial charge >= 0.3 is 0 Å². The Morgan fingerprint density at radius 1 is 1.40 bits per heavy atom. The van der Waals surface area contributed by atoms with Gasteiger partial charge in [-0.3, -0.25) is 0 Å². The molecule has 76 valence electrons. The molecule has 0 radical (unpaired) electrons. The molecule has 0 unspecified atom stereocenters. The number of aromatic nitrogens is 1. The minimum absolute atomic E-state index is 1.08. The number of nitrogens with one attached hydrogen (secondary N) is 1. The second-order valence-corrected chi connectivity index (χ2v) is 4.62. The van der Waals surface area contributed by atoms with E-state index in [0.717, 1.165) is 13.0 Å². The van der Waals surface area contributed by atoms with Crippen LogP contribution < -0.4 is 5.46 Å². The van der Waals surface area contributed by atoms with Gasteiger partial charge in [-0.1, -0.05) is 17.6 Å². The highest BCUT2D eigenvalue weighted by Crippen LogP contribution is 2.26. The zero-order valence-corrected chi connectivity index (χ0v) is 9.30. The Hall–Kier alpha value is -1.22. The van der Waals surface area contributed by atoms with Crippen molar-refractivity contribution in [1.29, 1.82) is 0 Å². The molecule has 0 bridgehead atoms. The molecule has 1 aliphatic rings. The molecular weight excluding hydrogens is 183 g/mol. The zero-order valence-electron chi connectivity index (χ0n) is 9.30. The molecule has 1 aliphatic heterocycles. The van der Waals surface area contributed by atoms with E-state index in [0.29, 0.717) is 0 Å². The van der Waals surface area contributed by atoms with Crippen LogP contribution in [0.15, 0.2) is 18.2 Å². The molecule has 2 heterocycles. The third-order valence-corrected chi connectivity index (χ3v) is 3.32. The van der Waals surface area contributed by atoms with Crippen LogP contribution in [0.25, 0.3) is 10.9 Å². The van der Waals surface area contributed by atoms with Gasteiger partial charge in [0.05, 0.1) is 0 Å². The molecule has 0 amide bonds. The van der Waals surface area contributed by atoms with Gasteiger partial charge in [-0.2, -0.15) is 0 Å². The third-order valence-electron chi connectivity index (χ3n) is 3.32. The van der Waals surface area contributed by atoms with Crippen LogP contribution in [-0.2, 0) is 13.0 Å². The highest BCUT2D eigenvalue weighted by Gasteiger charge is 2.17. The number of hydrogen-bond donors (Lipinski definition) is 1. The first-order valence-corrected chi connectivity index (χ1v) is 5.52. The molecule has 0 aliphatic carbocycles. The monoisotopic (exact) mass is 198 g/mol. The number of aromatic amines is 1. The maximum Gasteiger partial charge on any atom is 0.139 e. The molecule has 0 atom stereocenters. The van der Waals surface area contributed by atoms with Crippen molar-refractivity contribution < 1.29 is 0 Å². The normalized spacial score (nSPS) is 16.9. The number of H-pyrrole nitrogens is 1. The van der Waals surface area contributed by atoms with Crippen LogP contribution in [0.2, 0.25) is 0 Å². The van der Waals surface area contributed by atoms with Crippen LogP contribution >= 0.6 is 0 Å². The Morgan fingerprint density at radius 2 is 2.27 bits per heavy atom. The lowest BCUT2D eigenvalue weighted by Gasteiger charge is -2.22. The minimum atomic E-state index is 1.08. The Morgan fingerprint density at radius 3 is 3.13 bits per heavy atom. The molecule has 2 nitrogen and oxygen atoms in total. The number of fused-ring (bicyclic) bond motifs is 3.